The lowest BCUT2D eigenvalue weighted by molar-refractivity contribution is -0.154. The summed E-state index contributed by atoms with van der Waals surface area (Å²) in [7, 11) is 0. The van der Waals surface area contributed by atoms with E-state index in [-0.39, 0.29) is 18.1 Å². The first-order valence-corrected chi connectivity index (χ1v) is 7.73. The predicted molar refractivity (Wildman–Crippen MR) is 89.3 cm³/mol. The van der Waals surface area contributed by atoms with Gasteiger partial charge in [0.05, 0.1) is 5.39 Å². The van der Waals surface area contributed by atoms with Gasteiger partial charge in [-0.15, -0.1) is 0 Å². The number of pyridine rings is 1. The first-order valence-electron chi connectivity index (χ1n) is 7.73. The smallest absolute Gasteiger partial charge is 0.422 e. The van der Waals surface area contributed by atoms with Crippen molar-refractivity contribution in [3.8, 4) is 5.88 Å². The number of ether oxygens (including phenoxy) is 1. The predicted octanol–water partition coefficient (Wildman–Crippen LogP) is 2.19. The van der Waals surface area contributed by atoms with Crippen LogP contribution < -0.4 is 15.6 Å². The molecule has 0 saturated carbocycles. The van der Waals surface area contributed by atoms with Crippen molar-refractivity contribution in [2.24, 2.45) is 0 Å². The van der Waals surface area contributed by atoms with Gasteiger partial charge in [-0.1, -0.05) is 18.2 Å². The van der Waals surface area contributed by atoms with E-state index in [1.807, 2.05) is 0 Å². The van der Waals surface area contributed by atoms with Crippen LogP contribution in [-0.2, 0) is 6.54 Å². The molecule has 0 radical (unpaired) electrons. The Morgan fingerprint density at radius 2 is 1.93 bits per heavy atom. The van der Waals surface area contributed by atoms with Gasteiger partial charge < -0.3 is 10.1 Å². The van der Waals surface area contributed by atoms with E-state index >= 15 is 0 Å². The fraction of sp³-hybridized carbons (Fsp3) is 0.176. The van der Waals surface area contributed by atoms with Crippen LogP contribution in [0.4, 0.5) is 13.2 Å². The highest BCUT2D eigenvalue weighted by atomic mass is 19.4. The SMILES string of the molecule is O=C(NCc1ccnc(OCC(F)(F)F)c1)c1n[nH]c(=O)c2ccccc12. The largest absolute Gasteiger partial charge is 0.468 e. The minimum Gasteiger partial charge on any atom is -0.468 e. The summed E-state index contributed by atoms with van der Waals surface area (Å²) < 4.78 is 41.2. The van der Waals surface area contributed by atoms with Gasteiger partial charge in [0.15, 0.2) is 12.3 Å². The molecule has 10 heteroatoms. The lowest BCUT2D eigenvalue weighted by Crippen LogP contribution is -2.26. The van der Waals surface area contributed by atoms with E-state index in [2.05, 4.69) is 25.2 Å². The van der Waals surface area contributed by atoms with Gasteiger partial charge in [0.1, 0.15) is 0 Å². The highest BCUT2D eigenvalue weighted by molar-refractivity contribution is 6.04. The molecule has 0 atom stereocenters. The summed E-state index contributed by atoms with van der Waals surface area (Å²) in [6, 6.07) is 9.33. The van der Waals surface area contributed by atoms with E-state index in [1.54, 1.807) is 24.3 Å². The molecule has 0 spiro atoms. The van der Waals surface area contributed by atoms with E-state index in [0.717, 1.165) is 0 Å². The van der Waals surface area contributed by atoms with Crippen LogP contribution in [0.5, 0.6) is 5.88 Å². The number of hydrogen-bond acceptors (Lipinski definition) is 5. The summed E-state index contributed by atoms with van der Waals surface area (Å²) in [5, 5.41) is 9.35. The van der Waals surface area contributed by atoms with Crippen LogP contribution in [0, 0.1) is 0 Å². The number of halogens is 3. The summed E-state index contributed by atoms with van der Waals surface area (Å²) in [5.41, 5.74) is 0.111. The van der Waals surface area contributed by atoms with Gasteiger partial charge in [-0.3, -0.25) is 9.59 Å². The van der Waals surface area contributed by atoms with Gasteiger partial charge in [0, 0.05) is 24.2 Å². The summed E-state index contributed by atoms with van der Waals surface area (Å²) in [5.74, 6) is -0.747. The molecule has 3 rings (SSSR count). The Labute approximate surface area is 150 Å². The van der Waals surface area contributed by atoms with Crippen LogP contribution >= 0.6 is 0 Å². The normalized spacial score (nSPS) is 11.4. The molecule has 0 bridgehead atoms. The molecular weight excluding hydrogens is 365 g/mol. The monoisotopic (exact) mass is 378 g/mol. The molecule has 7 nitrogen and oxygen atoms in total. The van der Waals surface area contributed by atoms with Crippen molar-refractivity contribution in [3.05, 3.63) is 64.2 Å². The Hall–Kier alpha value is -3.43. The second kappa shape index (κ2) is 7.44. The highest BCUT2D eigenvalue weighted by Crippen LogP contribution is 2.18. The Morgan fingerprint density at radius 3 is 2.67 bits per heavy atom. The highest BCUT2D eigenvalue weighted by Gasteiger charge is 2.28. The second-order valence-corrected chi connectivity index (χ2v) is 5.54. The number of nitrogens with one attached hydrogen (secondary N) is 2. The summed E-state index contributed by atoms with van der Waals surface area (Å²) >= 11 is 0. The third-order valence-electron chi connectivity index (χ3n) is 3.55. The van der Waals surface area contributed by atoms with Crippen LogP contribution in [0.15, 0.2) is 47.4 Å². The zero-order chi connectivity index (χ0) is 19.4. The maximum Gasteiger partial charge on any atom is 0.422 e. The van der Waals surface area contributed by atoms with Crippen LogP contribution in [0.3, 0.4) is 0 Å². The Bertz CT molecular complexity index is 1030. The van der Waals surface area contributed by atoms with E-state index in [4.69, 9.17) is 0 Å². The molecule has 0 saturated heterocycles. The lowest BCUT2D eigenvalue weighted by Gasteiger charge is -2.10. The molecule has 0 unspecified atom stereocenters. The van der Waals surface area contributed by atoms with Crippen LogP contribution in [-0.4, -0.2) is 33.9 Å². The van der Waals surface area contributed by atoms with Crippen molar-refractivity contribution in [2.75, 3.05) is 6.61 Å². The second-order valence-electron chi connectivity index (χ2n) is 5.54. The zero-order valence-corrected chi connectivity index (χ0v) is 13.7. The van der Waals surface area contributed by atoms with E-state index < -0.39 is 24.2 Å². The number of amides is 1. The van der Waals surface area contributed by atoms with Crippen LogP contribution in [0.2, 0.25) is 0 Å². The molecule has 0 fully saturated rings. The fourth-order valence-corrected chi connectivity index (χ4v) is 2.35. The number of carbonyl (C=O) groups excluding carboxylic acids is 1. The number of aromatic amines is 1. The molecule has 2 aromatic heterocycles. The maximum atomic E-state index is 12.4. The molecule has 2 N–H and O–H groups in total. The first kappa shape index (κ1) is 18.4. The van der Waals surface area contributed by atoms with Crippen molar-refractivity contribution in [1.82, 2.24) is 20.5 Å². The lowest BCUT2D eigenvalue weighted by atomic mass is 10.1. The third-order valence-corrected chi connectivity index (χ3v) is 3.55. The number of carbonyl (C=O) groups is 1. The summed E-state index contributed by atoms with van der Waals surface area (Å²) in [4.78, 5) is 27.8. The van der Waals surface area contributed by atoms with Gasteiger partial charge in [-0.05, 0) is 17.7 Å². The number of nitrogens with zero attached hydrogens (tertiary/aromatic N) is 2. The standard InChI is InChI=1S/C17H13F3N4O3/c18-17(19,20)9-27-13-7-10(5-6-21-13)8-22-16(26)14-11-3-1-2-4-12(11)15(25)24-23-14/h1-7H,8-9H2,(H,22,26)(H,24,25). The summed E-state index contributed by atoms with van der Waals surface area (Å²) in [6.45, 7) is -1.44. The van der Waals surface area contributed by atoms with Crippen molar-refractivity contribution < 1.29 is 22.7 Å². The first-order chi connectivity index (χ1) is 12.8. The zero-order valence-electron chi connectivity index (χ0n) is 13.7. The number of fused-ring (bicyclic) bond motifs is 1. The molecule has 1 amide bonds. The van der Waals surface area contributed by atoms with Crippen molar-refractivity contribution in [1.29, 1.82) is 0 Å². The maximum absolute atomic E-state index is 12.4. The number of alkyl halides is 3. The molecule has 1 aromatic carbocycles. The van der Waals surface area contributed by atoms with E-state index in [0.29, 0.717) is 16.3 Å². The van der Waals surface area contributed by atoms with Crippen LogP contribution in [0.1, 0.15) is 16.1 Å². The van der Waals surface area contributed by atoms with Gasteiger partial charge >= 0.3 is 6.18 Å². The van der Waals surface area contributed by atoms with Crippen LogP contribution in [0.25, 0.3) is 10.8 Å². The van der Waals surface area contributed by atoms with Gasteiger partial charge in [-0.25, -0.2) is 10.1 Å². The van der Waals surface area contributed by atoms with Crippen molar-refractivity contribution >= 4 is 16.7 Å². The molecule has 3 aromatic rings. The quantitative estimate of drug-likeness (QED) is 0.709. The molecule has 0 aliphatic heterocycles. The minimum absolute atomic E-state index is 0.0128. The van der Waals surface area contributed by atoms with Crippen molar-refractivity contribution in [3.63, 3.8) is 0 Å². The van der Waals surface area contributed by atoms with Gasteiger partial charge in [0.2, 0.25) is 5.88 Å². The topological polar surface area (TPSA) is 97.0 Å². The number of H-pyrrole nitrogens is 1. The molecule has 27 heavy (non-hydrogen) atoms. The summed E-state index contributed by atoms with van der Waals surface area (Å²) in [6.07, 6.45) is -3.19. The molecule has 0 aliphatic carbocycles. The fourth-order valence-electron chi connectivity index (χ4n) is 2.35. The number of rotatable bonds is 5. The molecule has 2 heterocycles. The average molecular weight is 378 g/mol. The Kier molecular flexibility index (Phi) is 5.06. The van der Waals surface area contributed by atoms with E-state index in [1.165, 1.54) is 18.3 Å². The average Bonchev–Trinajstić information content (AvgIpc) is 2.65. The third kappa shape index (κ3) is 4.60. The van der Waals surface area contributed by atoms with Gasteiger partial charge in [-0.2, -0.15) is 18.3 Å². The number of aromatic nitrogens is 3. The molecule has 140 valence electrons. The number of hydrogen-bond donors (Lipinski definition) is 2. The molecule has 0 aliphatic rings. The van der Waals surface area contributed by atoms with Gasteiger partial charge in [0.25, 0.3) is 11.5 Å². The molecular formula is C17H13F3N4O3. The number of benzene rings is 1. The Balaban J connectivity index is 1.72. The van der Waals surface area contributed by atoms with E-state index in [9.17, 15) is 22.8 Å². The minimum atomic E-state index is -4.47. The van der Waals surface area contributed by atoms with Crippen molar-refractivity contribution in [2.45, 2.75) is 12.7 Å². The Morgan fingerprint density at radius 1 is 1.19 bits per heavy atom.